The van der Waals surface area contributed by atoms with Gasteiger partial charge in [-0.2, -0.15) is 11.8 Å². The Labute approximate surface area is 109 Å². The highest BCUT2D eigenvalue weighted by Gasteiger charge is 2.45. The van der Waals surface area contributed by atoms with E-state index in [1.54, 1.807) is 0 Å². The van der Waals surface area contributed by atoms with Gasteiger partial charge in [-0.05, 0) is 31.4 Å². The lowest BCUT2D eigenvalue weighted by Gasteiger charge is -2.46. The standard InChI is InChI=1S/C13H26N2OS/c1-3-16-12-4-6-15(7-5-12)13(9-14)10-17-8-11(13)2/h11-12H,3-10,14H2,1-2H3. The minimum atomic E-state index is 0.266. The Morgan fingerprint density at radius 1 is 1.41 bits per heavy atom. The number of ether oxygens (including phenoxy) is 1. The van der Waals surface area contributed by atoms with Gasteiger partial charge in [-0.1, -0.05) is 6.92 Å². The molecule has 0 bridgehead atoms. The second kappa shape index (κ2) is 5.91. The van der Waals surface area contributed by atoms with Gasteiger partial charge in [-0.3, -0.25) is 4.90 Å². The first-order valence-electron chi connectivity index (χ1n) is 6.87. The minimum absolute atomic E-state index is 0.266. The van der Waals surface area contributed by atoms with Gasteiger partial charge in [0.15, 0.2) is 0 Å². The molecule has 2 saturated heterocycles. The molecule has 100 valence electrons. The quantitative estimate of drug-likeness (QED) is 0.831. The summed E-state index contributed by atoms with van der Waals surface area (Å²) in [5, 5.41) is 0. The van der Waals surface area contributed by atoms with Crippen molar-refractivity contribution in [2.24, 2.45) is 11.7 Å². The Morgan fingerprint density at radius 2 is 2.12 bits per heavy atom. The zero-order chi connectivity index (χ0) is 12.3. The van der Waals surface area contributed by atoms with Gasteiger partial charge < -0.3 is 10.5 Å². The summed E-state index contributed by atoms with van der Waals surface area (Å²) >= 11 is 2.07. The number of nitrogens with zero attached hydrogens (tertiary/aromatic N) is 1. The molecule has 0 aromatic heterocycles. The van der Waals surface area contributed by atoms with Crippen LogP contribution >= 0.6 is 11.8 Å². The van der Waals surface area contributed by atoms with Crippen molar-refractivity contribution in [1.29, 1.82) is 0 Å². The topological polar surface area (TPSA) is 38.5 Å². The van der Waals surface area contributed by atoms with Crippen molar-refractivity contribution in [3.05, 3.63) is 0 Å². The molecule has 0 amide bonds. The van der Waals surface area contributed by atoms with Gasteiger partial charge in [0, 0.05) is 37.5 Å². The molecule has 0 saturated carbocycles. The average molecular weight is 258 g/mol. The summed E-state index contributed by atoms with van der Waals surface area (Å²) in [6.45, 7) is 8.42. The molecule has 0 radical (unpaired) electrons. The molecule has 2 fully saturated rings. The summed E-state index contributed by atoms with van der Waals surface area (Å²) in [6, 6.07) is 0. The van der Waals surface area contributed by atoms with Crippen molar-refractivity contribution < 1.29 is 4.74 Å². The molecule has 2 heterocycles. The molecule has 2 rings (SSSR count). The van der Waals surface area contributed by atoms with Crippen LogP contribution in [0.15, 0.2) is 0 Å². The van der Waals surface area contributed by atoms with E-state index in [1.165, 1.54) is 24.3 Å². The lowest BCUT2D eigenvalue weighted by molar-refractivity contribution is -0.0217. The second-order valence-corrected chi connectivity index (χ2v) is 6.40. The van der Waals surface area contributed by atoms with Gasteiger partial charge >= 0.3 is 0 Å². The fourth-order valence-electron chi connectivity index (χ4n) is 3.21. The normalized spacial score (nSPS) is 36.5. The Hall–Kier alpha value is 0.230. The van der Waals surface area contributed by atoms with Gasteiger partial charge in [-0.15, -0.1) is 0 Å². The van der Waals surface area contributed by atoms with Crippen LogP contribution in [-0.2, 0) is 4.74 Å². The number of rotatable bonds is 4. The zero-order valence-corrected chi connectivity index (χ0v) is 12.0. The molecule has 3 nitrogen and oxygen atoms in total. The van der Waals surface area contributed by atoms with Crippen LogP contribution in [0.1, 0.15) is 26.7 Å². The summed E-state index contributed by atoms with van der Waals surface area (Å²) in [5.41, 5.74) is 6.36. The van der Waals surface area contributed by atoms with Crippen molar-refractivity contribution in [2.75, 3.05) is 37.7 Å². The van der Waals surface area contributed by atoms with Crippen LogP contribution in [0.2, 0.25) is 0 Å². The molecule has 17 heavy (non-hydrogen) atoms. The Morgan fingerprint density at radius 3 is 2.59 bits per heavy atom. The van der Waals surface area contributed by atoms with Crippen molar-refractivity contribution in [1.82, 2.24) is 4.90 Å². The summed E-state index contributed by atoms with van der Waals surface area (Å²) < 4.78 is 5.72. The molecule has 2 atom stereocenters. The van der Waals surface area contributed by atoms with Crippen molar-refractivity contribution in [2.45, 2.75) is 38.3 Å². The molecular weight excluding hydrogens is 232 g/mol. The van der Waals surface area contributed by atoms with E-state index in [9.17, 15) is 0 Å². The first-order chi connectivity index (χ1) is 8.23. The van der Waals surface area contributed by atoms with E-state index in [2.05, 4.69) is 30.5 Å². The molecule has 4 heteroatoms. The molecule has 0 spiro atoms. The highest BCUT2D eigenvalue weighted by atomic mass is 32.2. The van der Waals surface area contributed by atoms with Crippen LogP contribution in [0.5, 0.6) is 0 Å². The number of hydrogen-bond donors (Lipinski definition) is 1. The largest absolute Gasteiger partial charge is 0.378 e. The van der Waals surface area contributed by atoms with Gasteiger partial charge in [-0.25, -0.2) is 0 Å². The number of nitrogens with two attached hydrogens (primary N) is 1. The third kappa shape index (κ3) is 2.65. The predicted octanol–water partition coefficient (Wildman–Crippen LogP) is 1.57. The summed E-state index contributed by atoms with van der Waals surface area (Å²) in [4.78, 5) is 2.65. The summed E-state index contributed by atoms with van der Waals surface area (Å²) in [5.74, 6) is 3.20. The van der Waals surface area contributed by atoms with Gasteiger partial charge in [0.2, 0.25) is 0 Å². The lowest BCUT2D eigenvalue weighted by atomic mass is 9.85. The second-order valence-electron chi connectivity index (χ2n) is 5.37. The molecule has 0 aromatic rings. The van der Waals surface area contributed by atoms with Crippen LogP contribution < -0.4 is 5.73 Å². The Bertz CT molecular complexity index is 244. The van der Waals surface area contributed by atoms with E-state index in [4.69, 9.17) is 10.5 Å². The van der Waals surface area contributed by atoms with E-state index in [0.717, 1.165) is 32.2 Å². The summed E-state index contributed by atoms with van der Waals surface area (Å²) in [6.07, 6.45) is 2.83. The Kier molecular flexibility index (Phi) is 4.75. The first kappa shape index (κ1) is 13.7. The van der Waals surface area contributed by atoms with Crippen LogP contribution in [0.25, 0.3) is 0 Å². The molecule has 0 aromatic carbocycles. The minimum Gasteiger partial charge on any atom is -0.378 e. The van der Waals surface area contributed by atoms with E-state index in [0.29, 0.717) is 6.10 Å². The average Bonchev–Trinajstić information content (AvgIpc) is 2.73. The fourth-order valence-corrected chi connectivity index (χ4v) is 4.93. The lowest BCUT2D eigenvalue weighted by Crippen LogP contribution is -2.60. The molecule has 2 aliphatic heterocycles. The van der Waals surface area contributed by atoms with Gasteiger partial charge in [0.1, 0.15) is 0 Å². The Balaban J connectivity index is 1.94. The fraction of sp³-hybridized carbons (Fsp3) is 1.00. The van der Waals surface area contributed by atoms with Gasteiger partial charge in [0.05, 0.1) is 6.10 Å². The smallest absolute Gasteiger partial charge is 0.0599 e. The predicted molar refractivity (Wildman–Crippen MR) is 74.5 cm³/mol. The monoisotopic (exact) mass is 258 g/mol. The van der Waals surface area contributed by atoms with Crippen molar-refractivity contribution >= 4 is 11.8 Å². The number of likely N-dealkylation sites (tertiary alicyclic amines) is 1. The van der Waals surface area contributed by atoms with Crippen LogP contribution in [0.3, 0.4) is 0 Å². The third-order valence-electron chi connectivity index (χ3n) is 4.46. The maximum atomic E-state index is 6.10. The van der Waals surface area contributed by atoms with E-state index in [-0.39, 0.29) is 5.54 Å². The highest BCUT2D eigenvalue weighted by molar-refractivity contribution is 7.99. The zero-order valence-electron chi connectivity index (χ0n) is 11.2. The molecule has 2 N–H and O–H groups in total. The van der Waals surface area contributed by atoms with Crippen LogP contribution in [0, 0.1) is 5.92 Å². The molecule has 0 aliphatic carbocycles. The van der Waals surface area contributed by atoms with E-state index in [1.807, 2.05) is 0 Å². The van der Waals surface area contributed by atoms with Crippen LogP contribution in [0.4, 0.5) is 0 Å². The number of thioether (sulfide) groups is 1. The highest BCUT2D eigenvalue weighted by Crippen LogP contribution is 2.39. The molecule has 2 unspecified atom stereocenters. The van der Waals surface area contributed by atoms with E-state index < -0.39 is 0 Å². The molecular formula is C13H26N2OS. The molecule has 2 aliphatic rings. The van der Waals surface area contributed by atoms with Gasteiger partial charge in [0.25, 0.3) is 0 Å². The van der Waals surface area contributed by atoms with Crippen molar-refractivity contribution in [3.63, 3.8) is 0 Å². The number of hydrogen-bond acceptors (Lipinski definition) is 4. The maximum Gasteiger partial charge on any atom is 0.0599 e. The SMILES string of the molecule is CCOC1CCN(C2(CN)CSCC2C)CC1. The maximum absolute atomic E-state index is 6.10. The van der Waals surface area contributed by atoms with Crippen LogP contribution in [-0.4, -0.2) is 54.3 Å². The first-order valence-corrected chi connectivity index (χ1v) is 8.03. The van der Waals surface area contributed by atoms with Crippen molar-refractivity contribution in [3.8, 4) is 0 Å². The third-order valence-corrected chi connectivity index (χ3v) is 5.90. The van der Waals surface area contributed by atoms with E-state index >= 15 is 0 Å². The number of piperidine rings is 1. The summed E-state index contributed by atoms with van der Waals surface area (Å²) in [7, 11) is 0.